The van der Waals surface area contributed by atoms with Crippen molar-refractivity contribution in [3.63, 3.8) is 0 Å². The summed E-state index contributed by atoms with van der Waals surface area (Å²) >= 11 is 1.63. The highest BCUT2D eigenvalue weighted by atomic mass is 32.1. The number of rotatable bonds is 8. The Labute approximate surface area is 193 Å². The monoisotopic (exact) mass is 459 g/mol. The first-order chi connectivity index (χ1) is 15.3. The van der Waals surface area contributed by atoms with Gasteiger partial charge >= 0.3 is 0 Å². The van der Waals surface area contributed by atoms with E-state index in [2.05, 4.69) is 45.0 Å². The van der Waals surface area contributed by atoms with E-state index in [0.29, 0.717) is 18.8 Å². The maximum atomic E-state index is 13.2. The Morgan fingerprint density at radius 2 is 2.09 bits per heavy atom. The van der Waals surface area contributed by atoms with Crippen LogP contribution in [0.15, 0.2) is 34.9 Å². The molecule has 1 fully saturated rings. The Morgan fingerprint density at radius 1 is 1.38 bits per heavy atom. The van der Waals surface area contributed by atoms with Gasteiger partial charge < -0.3 is 25.5 Å². The normalized spacial score (nSPS) is 20.0. The molecule has 2 aromatic rings. The molecule has 0 spiro atoms. The molecule has 1 saturated heterocycles. The minimum Gasteiger partial charge on any atom is -0.398 e. The van der Waals surface area contributed by atoms with Gasteiger partial charge in [0.25, 0.3) is 0 Å². The van der Waals surface area contributed by atoms with Gasteiger partial charge in [0.15, 0.2) is 5.84 Å². The molecule has 1 aromatic carbocycles. The van der Waals surface area contributed by atoms with Gasteiger partial charge in [0, 0.05) is 19.5 Å². The summed E-state index contributed by atoms with van der Waals surface area (Å²) in [4.78, 5) is 25.4. The number of carbonyl (C=O) groups excluding carboxylic acids is 1. The van der Waals surface area contributed by atoms with Crippen LogP contribution in [0.5, 0.6) is 0 Å². The summed E-state index contributed by atoms with van der Waals surface area (Å²) in [7, 11) is 3.26. The van der Waals surface area contributed by atoms with Gasteiger partial charge in [0.1, 0.15) is 7.11 Å². The molecule has 32 heavy (non-hydrogen) atoms. The van der Waals surface area contributed by atoms with Gasteiger partial charge in [0.05, 0.1) is 34.3 Å². The molecule has 3 atom stereocenters. The second-order valence-corrected chi connectivity index (χ2v) is 9.24. The van der Waals surface area contributed by atoms with Crippen molar-refractivity contribution in [3.05, 3.63) is 41.0 Å². The minimum atomic E-state index is -0.598. The van der Waals surface area contributed by atoms with Gasteiger partial charge in [0.2, 0.25) is 5.91 Å². The van der Waals surface area contributed by atoms with Gasteiger partial charge in [-0.25, -0.2) is 4.98 Å². The van der Waals surface area contributed by atoms with E-state index in [1.165, 1.54) is 12.0 Å². The highest BCUT2D eigenvalue weighted by Crippen LogP contribution is 2.27. The van der Waals surface area contributed by atoms with E-state index in [4.69, 9.17) is 4.84 Å². The molecular weight excluding hydrogens is 426 g/mol. The zero-order valence-electron chi connectivity index (χ0n) is 19.3. The van der Waals surface area contributed by atoms with Crippen LogP contribution in [0.3, 0.4) is 0 Å². The van der Waals surface area contributed by atoms with Crippen molar-refractivity contribution in [3.8, 4) is 10.4 Å². The number of amides is 1. The lowest BCUT2D eigenvalue weighted by molar-refractivity contribution is -0.134. The first-order valence-electron chi connectivity index (χ1n) is 10.9. The molecule has 3 rings (SSSR count). The van der Waals surface area contributed by atoms with E-state index in [-0.39, 0.29) is 30.5 Å². The van der Waals surface area contributed by atoms with Crippen LogP contribution in [-0.2, 0) is 16.2 Å². The molecule has 2 heterocycles. The van der Waals surface area contributed by atoms with Gasteiger partial charge in [-0.1, -0.05) is 43.3 Å². The smallest absolute Gasteiger partial charge is 0.240 e. The van der Waals surface area contributed by atoms with Crippen molar-refractivity contribution in [2.24, 2.45) is 11.1 Å². The first-order valence-corrected chi connectivity index (χ1v) is 11.7. The molecule has 0 unspecified atom stereocenters. The molecule has 1 aliphatic rings. The maximum Gasteiger partial charge on any atom is 0.240 e. The number of hydrogen-bond donors (Lipinski definition) is 3. The molecule has 3 N–H and O–H groups in total. The second kappa shape index (κ2) is 10.9. The highest BCUT2D eigenvalue weighted by molar-refractivity contribution is 7.13. The Hall–Kier alpha value is -2.49. The summed E-state index contributed by atoms with van der Waals surface area (Å²) < 4.78 is 0. The average Bonchev–Trinajstić information content (AvgIpc) is 3.37. The van der Waals surface area contributed by atoms with Gasteiger partial charge in [-0.15, -0.1) is 11.3 Å². The largest absolute Gasteiger partial charge is 0.398 e. The zero-order valence-corrected chi connectivity index (χ0v) is 20.1. The van der Waals surface area contributed by atoms with Crippen molar-refractivity contribution in [1.82, 2.24) is 20.5 Å². The SMILES string of the molecule is CN[C@H](C(=O)N1C[C@H](O)C[C@H]1/C(=N\OC)NCc1ccc(-c2scnc2C)cc1)C(C)C. The van der Waals surface area contributed by atoms with Gasteiger partial charge in [-0.05, 0) is 31.0 Å². The number of hydrogen-bond acceptors (Lipinski definition) is 7. The van der Waals surface area contributed by atoms with Crippen LogP contribution in [0.4, 0.5) is 0 Å². The number of likely N-dealkylation sites (tertiary alicyclic amines) is 1. The summed E-state index contributed by atoms with van der Waals surface area (Å²) in [5.74, 6) is 0.625. The highest BCUT2D eigenvalue weighted by Gasteiger charge is 2.40. The number of aliphatic hydroxyl groups is 1. The molecule has 1 aliphatic heterocycles. The fourth-order valence-electron chi connectivity index (χ4n) is 4.09. The summed E-state index contributed by atoms with van der Waals surface area (Å²) in [5, 5.41) is 20.9. The lowest BCUT2D eigenvalue weighted by atomic mass is 10.0. The number of amidine groups is 1. The molecule has 9 heteroatoms. The molecule has 1 amide bonds. The topological polar surface area (TPSA) is 99.1 Å². The number of carbonyl (C=O) groups is 1. The summed E-state index contributed by atoms with van der Waals surface area (Å²) in [5.41, 5.74) is 5.10. The number of β-amino-alcohol motifs (C(OH)–C–C–N with tert-alkyl or cyclic N) is 1. The van der Waals surface area contributed by atoms with E-state index in [9.17, 15) is 9.90 Å². The van der Waals surface area contributed by atoms with Crippen LogP contribution in [0.1, 0.15) is 31.5 Å². The second-order valence-electron chi connectivity index (χ2n) is 8.38. The molecule has 0 bridgehead atoms. The Kier molecular flexibility index (Phi) is 8.22. The van der Waals surface area contributed by atoms with Crippen LogP contribution in [-0.4, -0.2) is 65.6 Å². The molecule has 0 saturated carbocycles. The van der Waals surface area contributed by atoms with Crippen LogP contribution >= 0.6 is 11.3 Å². The zero-order chi connectivity index (χ0) is 23.3. The predicted molar refractivity (Wildman–Crippen MR) is 127 cm³/mol. The number of oxime groups is 1. The average molecular weight is 460 g/mol. The van der Waals surface area contributed by atoms with Crippen molar-refractivity contribution in [2.45, 2.75) is 51.9 Å². The van der Waals surface area contributed by atoms with E-state index in [0.717, 1.165) is 16.8 Å². The van der Waals surface area contributed by atoms with Crippen LogP contribution in [0.2, 0.25) is 0 Å². The third-order valence-electron chi connectivity index (χ3n) is 5.75. The number of benzene rings is 1. The summed E-state index contributed by atoms with van der Waals surface area (Å²) in [6, 6.07) is 7.60. The van der Waals surface area contributed by atoms with Gasteiger partial charge in [-0.2, -0.15) is 0 Å². The Morgan fingerprint density at radius 3 is 2.66 bits per heavy atom. The number of thiazole rings is 1. The van der Waals surface area contributed by atoms with E-state index in [1.807, 2.05) is 26.3 Å². The molecule has 0 radical (unpaired) electrons. The fraction of sp³-hybridized carbons (Fsp3) is 0.522. The molecular formula is C23H33N5O3S. The van der Waals surface area contributed by atoms with Crippen molar-refractivity contribution < 1.29 is 14.7 Å². The summed E-state index contributed by atoms with van der Waals surface area (Å²) in [6.07, 6.45) is -0.182. The molecule has 8 nitrogen and oxygen atoms in total. The molecule has 1 aromatic heterocycles. The molecule has 0 aliphatic carbocycles. The Bertz CT molecular complexity index is 928. The fourth-order valence-corrected chi connectivity index (χ4v) is 4.90. The number of nitrogens with zero attached hydrogens (tertiary/aromatic N) is 3. The minimum absolute atomic E-state index is 0.0427. The third-order valence-corrected chi connectivity index (χ3v) is 6.72. The number of nitrogens with one attached hydrogen (secondary N) is 2. The lowest BCUT2D eigenvalue weighted by Crippen LogP contribution is -2.53. The van der Waals surface area contributed by atoms with Crippen molar-refractivity contribution >= 4 is 23.1 Å². The quantitative estimate of drug-likeness (QED) is 0.318. The van der Waals surface area contributed by atoms with Gasteiger partial charge in [-0.3, -0.25) is 4.79 Å². The predicted octanol–water partition coefficient (Wildman–Crippen LogP) is 2.37. The number of likely N-dealkylation sites (N-methyl/N-ethyl adjacent to an activating group) is 1. The van der Waals surface area contributed by atoms with E-state index in [1.54, 1.807) is 23.3 Å². The van der Waals surface area contributed by atoms with Crippen LogP contribution < -0.4 is 10.6 Å². The van der Waals surface area contributed by atoms with Crippen molar-refractivity contribution in [1.29, 1.82) is 0 Å². The third kappa shape index (κ3) is 5.46. The number of aliphatic hydroxyl groups excluding tert-OH is 1. The standard InChI is InChI=1S/C23H33N5O3S/c1-14(2)20(24-4)23(30)28-12-18(29)10-19(28)22(27-31-5)25-11-16-6-8-17(9-7-16)21-15(3)26-13-32-21/h6-9,13-14,18-20,24,29H,10-12H2,1-5H3,(H,25,27)/t18-,19+,20+/m1/s1. The van der Waals surface area contributed by atoms with E-state index < -0.39 is 6.10 Å². The first kappa shape index (κ1) is 24.2. The van der Waals surface area contributed by atoms with Crippen LogP contribution in [0.25, 0.3) is 10.4 Å². The number of aryl methyl sites for hydroxylation is 1. The maximum absolute atomic E-state index is 13.2. The van der Waals surface area contributed by atoms with E-state index >= 15 is 0 Å². The number of aromatic nitrogens is 1. The summed E-state index contributed by atoms with van der Waals surface area (Å²) in [6.45, 7) is 6.82. The van der Waals surface area contributed by atoms with Crippen LogP contribution in [0, 0.1) is 12.8 Å². The molecule has 174 valence electrons. The lowest BCUT2D eigenvalue weighted by Gasteiger charge is -2.30. The Balaban J connectivity index is 1.72. The van der Waals surface area contributed by atoms with Crippen molar-refractivity contribution in [2.75, 3.05) is 20.7 Å².